The highest BCUT2D eigenvalue weighted by Gasteiger charge is 2.14. The predicted molar refractivity (Wildman–Crippen MR) is 93.6 cm³/mol. The maximum atomic E-state index is 12.0. The van der Waals surface area contributed by atoms with Crippen LogP contribution in [0.5, 0.6) is 0 Å². The van der Waals surface area contributed by atoms with Crippen LogP contribution in [0.4, 0.5) is 0 Å². The Morgan fingerprint density at radius 1 is 1.00 bits per heavy atom. The molecule has 3 heteroatoms. The van der Waals surface area contributed by atoms with Crippen LogP contribution < -0.4 is 0 Å². The van der Waals surface area contributed by atoms with Crippen LogP contribution in [0.3, 0.4) is 0 Å². The van der Waals surface area contributed by atoms with Gasteiger partial charge in [-0.05, 0) is 25.0 Å². The van der Waals surface area contributed by atoms with E-state index in [0.717, 1.165) is 12.8 Å². The Kier molecular flexibility index (Phi) is 10.8. The van der Waals surface area contributed by atoms with Crippen LogP contribution in [-0.4, -0.2) is 18.0 Å². The number of carbonyl (C=O) groups is 1. The highest BCUT2D eigenvalue weighted by molar-refractivity contribution is 6.18. The Morgan fingerprint density at radius 2 is 1.59 bits per heavy atom. The van der Waals surface area contributed by atoms with Gasteiger partial charge in [-0.2, -0.15) is 0 Å². The third-order valence-corrected chi connectivity index (χ3v) is 4.18. The zero-order chi connectivity index (χ0) is 16.0. The van der Waals surface area contributed by atoms with E-state index >= 15 is 0 Å². The highest BCUT2D eigenvalue weighted by Crippen LogP contribution is 2.14. The molecule has 2 nitrogen and oxygen atoms in total. The number of hydrogen-bond donors (Lipinski definition) is 0. The number of esters is 1. The number of unbranched alkanes of at least 4 members (excludes halogenated alkanes) is 7. The molecule has 1 atom stereocenters. The molecule has 1 aromatic carbocycles. The summed E-state index contributed by atoms with van der Waals surface area (Å²) in [7, 11) is 0. The minimum atomic E-state index is -0.272. The van der Waals surface area contributed by atoms with Crippen molar-refractivity contribution in [3.63, 3.8) is 0 Å². The molecule has 0 radical (unpaired) electrons. The first-order valence-corrected chi connectivity index (χ1v) is 9.13. The minimum Gasteiger partial charge on any atom is -0.458 e. The monoisotopic (exact) mass is 324 g/mol. The lowest BCUT2D eigenvalue weighted by Crippen LogP contribution is -2.20. The lowest BCUT2D eigenvalue weighted by atomic mass is 10.1. The molecule has 0 amide bonds. The van der Waals surface area contributed by atoms with E-state index in [1.165, 1.54) is 44.9 Å². The summed E-state index contributed by atoms with van der Waals surface area (Å²) in [6, 6.07) is 9.10. The van der Waals surface area contributed by atoms with Gasteiger partial charge >= 0.3 is 5.97 Å². The van der Waals surface area contributed by atoms with Crippen molar-refractivity contribution < 1.29 is 9.53 Å². The van der Waals surface area contributed by atoms with Crippen molar-refractivity contribution in [3.8, 4) is 0 Å². The lowest BCUT2D eigenvalue weighted by molar-refractivity contribution is 0.0326. The number of hydrogen-bond acceptors (Lipinski definition) is 2. The summed E-state index contributed by atoms with van der Waals surface area (Å²) in [5.41, 5.74) is 0.591. The van der Waals surface area contributed by atoms with E-state index in [2.05, 4.69) is 6.92 Å². The molecule has 0 fully saturated rings. The largest absolute Gasteiger partial charge is 0.458 e. The van der Waals surface area contributed by atoms with Crippen LogP contribution >= 0.6 is 11.6 Å². The van der Waals surface area contributed by atoms with Gasteiger partial charge < -0.3 is 4.74 Å². The van der Waals surface area contributed by atoms with Gasteiger partial charge in [-0.25, -0.2) is 4.79 Å². The minimum absolute atomic E-state index is 0.172. The molecule has 0 unspecified atom stereocenters. The first kappa shape index (κ1) is 19.0. The average Bonchev–Trinajstić information content (AvgIpc) is 2.56. The maximum absolute atomic E-state index is 12.0. The number of ether oxygens (including phenoxy) is 1. The standard InChI is InChI=1S/C19H29ClO2/c1-2-3-4-5-6-7-8-12-15-18(16-20)22-19(21)17-13-10-9-11-14-17/h9-11,13-14,18H,2-8,12,15-16H2,1H3/t18-/m1/s1. The Hall–Kier alpha value is -1.02. The van der Waals surface area contributed by atoms with Crippen molar-refractivity contribution >= 4 is 17.6 Å². The van der Waals surface area contributed by atoms with Gasteiger partial charge in [0.05, 0.1) is 11.4 Å². The van der Waals surface area contributed by atoms with E-state index in [-0.39, 0.29) is 12.1 Å². The predicted octanol–water partition coefficient (Wildman–Crippen LogP) is 5.98. The normalized spacial score (nSPS) is 12.1. The quantitative estimate of drug-likeness (QED) is 0.268. The number of benzene rings is 1. The SMILES string of the molecule is CCCCCCCCCC[C@H](CCl)OC(=O)c1ccccc1. The van der Waals surface area contributed by atoms with E-state index in [4.69, 9.17) is 16.3 Å². The summed E-state index contributed by atoms with van der Waals surface area (Å²) in [6.45, 7) is 2.24. The molecule has 0 heterocycles. The molecule has 0 bridgehead atoms. The summed E-state index contributed by atoms with van der Waals surface area (Å²) in [6.07, 6.45) is 10.9. The molecular weight excluding hydrogens is 296 g/mol. The van der Waals surface area contributed by atoms with Crippen LogP contribution in [-0.2, 0) is 4.74 Å². The molecule has 0 spiro atoms. The Bertz CT molecular complexity index is 392. The fraction of sp³-hybridized carbons (Fsp3) is 0.632. The van der Waals surface area contributed by atoms with Gasteiger partial charge in [0.15, 0.2) is 0 Å². The van der Waals surface area contributed by atoms with Crippen molar-refractivity contribution in [3.05, 3.63) is 35.9 Å². The van der Waals surface area contributed by atoms with Gasteiger partial charge in [-0.1, -0.05) is 70.1 Å². The van der Waals surface area contributed by atoms with Crippen molar-refractivity contribution in [2.45, 2.75) is 70.8 Å². The molecule has 124 valence electrons. The smallest absolute Gasteiger partial charge is 0.338 e. The van der Waals surface area contributed by atoms with Crippen LogP contribution in [0.25, 0.3) is 0 Å². The van der Waals surface area contributed by atoms with E-state index in [1.54, 1.807) is 12.1 Å². The van der Waals surface area contributed by atoms with Gasteiger partial charge in [0, 0.05) is 0 Å². The van der Waals surface area contributed by atoms with E-state index in [1.807, 2.05) is 18.2 Å². The number of halogens is 1. The van der Waals surface area contributed by atoms with Crippen LogP contribution in [0, 0.1) is 0 Å². The Morgan fingerprint density at radius 3 is 2.18 bits per heavy atom. The molecule has 0 aliphatic rings. The molecule has 0 saturated heterocycles. The van der Waals surface area contributed by atoms with E-state index in [9.17, 15) is 4.79 Å². The van der Waals surface area contributed by atoms with Gasteiger partial charge in [-0.15, -0.1) is 11.6 Å². The molecule has 1 rings (SSSR count). The molecule has 0 aliphatic heterocycles. The number of rotatable bonds is 12. The zero-order valence-electron chi connectivity index (χ0n) is 13.7. The van der Waals surface area contributed by atoms with Gasteiger partial charge in [0.1, 0.15) is 6.10 Å². The fourth-order valence-electron chi connectivity index (χ4n) is 2.47. The molecule has 22 heavy (non-hydrogen) atoms. The third kappa shape index (κ3) is 8.43. The lowest BCUT2D eigenvalue weighted by Gasteiger charge is -2.15. The maximum Gasteiger partial charge on any atom is 0.338 e. The first-order valence-electron chi connectivity index (χ1n) is 8.60. The van der Waals surface area contributed by atoms with Crippen LogP contribution in [0.1, 0.15) is 75.1 Å². The molecule has 0 aliphatic carbocycles. The molecule has 0 aromatic heterocycles. The van der Waals surface area contributed by atoms with Gasteiger partial charge in [0.2, 0.25) is 0 Å². The first-order chi connectivity index (χ1) is 10.8. The average molecular weight is 325 g/mol. The summed E-state index contributed by atoms with van der Waals surface area (Å²) in [5.74, 6) is 0.0977. The Balaban J connectivity index is 2.13. The summed E-state index contributed by atoms with van der Waals surface area (Å²) in [4.78, 5) is 12.0. The highest BCUT2D eigenvalue weighted by atomic mass is 35.5. The summed E-state index contributed by atoms with van der Waals surface area (Å²) >= 11 is 5.92. The zero-order valence-corrected chi connectivity index (χ0v) is 14.5. The summed E-state index contributed by atoms with van der Waals surface area (Å²) in [5, 5.41) is 0. The molecule has 0 N–H and O–H groups in total. The second-order valence-corrected chi connectivity index (χ2v) is 6.12. The van der Waals surface area contributed by atoms with Gasteiger partial charge in [-0.3, -0.25) is 0 Å². The van der Waals surface area contributed by atoms with Gasteiger partial charge in [0.25, 0.3) is 0 Å². The van der Waals surface area contributed by atoms with Crippen molar-refractivity contribution in [1.82, 2.24) is 0 Å². The molecular formula is C19H29ClO2. The fourth-order valence-corrected chi connectivity index (χ4v) is 2.68. The molecule has 1 aromatic rings. The second kappa shape index (κ2) is 12.5. The van der Waals surface area contributed by atoms with Crippen molar-refractivity contribution in [2.24, 2.45) is 0 Å². The van der Waals surface area contributed by atoms with Crippen LogP contribution in [0.2, 0.25) is 0 Å². The number of carbonyl (C=O) groups excluding carboxylic acids is 1. The number of alkyl halides is 1. The van der Waals surface area contributed by atoms with Crippen LogP contribution in [0.15, 0.2) is 30.3 Å². The van der Waals surface area contributed by atoms with E-state index < -0.39 is 0 Å². The topological polar surface area (TPSA) is 26.3 Å². The van der Waals surface area contributed by atoms with E-state index in [0.29, 0.717) is 11.4 Å². The van der Waals surface area contributed by atoms with Crippen molar-refractivity contribution in [1.29, 1.82) is 0 Å². The second-order valence-electron chi connectivity index (χ2n) is 5.81. The Labute approximate surface area is 140 Å². The third-order valence-electron chi connectivity index (χ3n) is 3.83. The van der Waals surface area contributed by atoms with Crippen molar-refractivity contribution in [2.75, 3.05) is 5.88 Å². The molecule has 0 saturated carbocycles. The summed E-state index contributed by atoms with van der Waals surface area (Å²) < 4.78 is 5.47.